The zero-order valence-corrected chi connectivity index (χ0v) is 9.47. The molecule has 80 valence electrons. The Morgan fingerprint density at radius 1 is 1.38 bits per heavy atom. The second kappa shape index (κ2) is 8.60. The quantitative estimate of drug-likeness (QED) is 0.740. The largest absolute Gasteiger partial charge is 0.356 e. The topological polar surface area (TPSA) is 41.1 Å². The van der Waals surface area contributed by atoms with Crippen molar-refractivity contribution in [3.05, 3.63) is 0 Å². The van der Waals surface area contributed by atoms with Crippen molar-refractivity contribution in [3.63, 3.8) is 0 Å². The number of nitrogens with one attached hydrogen (secondary N) is 2. The van der Waals surface area contributed by atoms with Crippen molar-refractivity contribution in [2.75, 3.05) is 19.6 Å². The summed E-state index contributed by atoms with van der Waals surface area (Å²) < 4.78 is 0. The first-order chi connectivity index (χ1) is 5.34. The van der Waals surface area contributed by atoms with Gasteiger partial charge in [0.25, 0.3) is 0 Å². The Kier molecular flexibility index (Phi) is 10.2. The summed E-state index contributed by atoms with van der Waals surface area (Å²) in [6, 6.07) is 0. The summed E-state index contributed by atoms with van der Waals surface area (Å²) in [5, 5.41) is 6.08. The molecule has 1 aliphatic rings. The molecule has 0 unspecified atom stereocenters. The minimum absolute atomic E-state index is 0. The van der Waals surface area contributed by atoms with E-state index >= 15 is 0 Å². The molecule has 0 atom stereocenters. The molecule has 0 bridgehead atoms. The fourth-order valence-corrected chi connectivity index (χ4v) is 1.40. The van der Waals surface area contributed by atoms with Crippen LogP contribution >= 0.6 is 24.8 Å². The molecular weight excluding hydrogens is 211 g/mol. The predicted octanol–water partition coefficient (Wildman–Crippen LogP) is 0.966. The second-order valence-corrected chi connectivity index (χ2v) is 2.92. The lowest BCUT2D eigenvalue weighted by molar-refractivity contribution is -0.125. The first-order valence-corrected chi connectivity index (χ1v) is 4.33. The Bertz CT molecular complexity index is 138. The Hall–Kier alpha value is 0.01000. The van der Waals surface area contributed by atoms with Gasteiger partial charge in [0.1, 0.15) is 0 Å². The SMILES string of the molecule is CCNC(=O)C1CCNCC1.Cl.Cl. The summed E-state index contributed by atoms with van der Waals surface area (Å²) in [5.74, 6) is 0.491. The summed E-state index contributed by atoms with van der Waals surface area (Å²) in [5.41, 5.74) is 0. The van der Waals surface area contributed by atoms with Crippen LogP contribution in [0.3, 0.4) is 0 Å². The van der Waals surface area contributed by atoms with E-state index in [1.165, 1.54) is 0 Å². The maximum atomic E-state index is 11.3. The van der Waals surface area contributed by atoms with E-state index in [1.807, 2.05) is 6.92 Å². The standard InChI is InChI=1S/C8H16N2O.2ClH/c1-2-10-8(11)7-3-5-9-6-4-7;;/h7,9H,2-6H2,1H3,(H,10,11);2*1H. The molecule has 1 rings (SSSR count). The third kappa shape index (κ3) is 5.34. The van der Waals surface area contributed by atoms with Crippen molar-refractivity contribution >= 4 is 30.7 Å². The van der Waals surface area contributed by atoms with E-state index in [1.54, 1.807) is 0 Å². The van der Waals surface area contributed by atoms with Crippen LogP contribution in [-0.2, 0) is 4.79 Å². The molecular formula is C8H18Cl2N2O. The average Bonchev–Trinajstić information content (AvgIpc) is 2.07. The molecule has 0 aromatic carbocycles. The normalized spacial score (nSPS) is 16.7. The third-order valence-corrected chi connectivity index (χ3v) is 2.06. The third-order valence-electron chi connectivity index (χ3n) is 2.06. The van der Waals surface area contributed by atoms with Crippen molar-refractivity contribution < 1.29 is 4.79 Å². The number of amides is 1. The van der Waals surface area contributed by atoms with E-state index in [4.69, 9.17) is 0 Å². The highest BCUT2D eigenvalue weighted by Gasteiger charge is 2.19. The van der Waals surface area contributed by atoms with Gasteiger partial charge in [-0.25, -0.2) is 0 Å². The van der Waals surface area contributed by atoms with Crippen LogP contribution in [0.1, 0.15) is 19.8 Å². The lowest BCUT2D eigenvalue weighted by Gasteiger charge is -2.21. The van der Waals surface area contributed by atoms with E-state index in [2.05, 4.69) is 10.6 Å². The average molecular weight is 229 g/mol. The van der Waals surface area contributed by atoms with Crippen LogP contribution in [0.4, 0.5) is 0 Å². The molecule has 13 heavy (non-hydrogen) atoms. The number of carbonyl (C=O) groups is 1. The molecule has 5 heteroatoms. The monoisotopic (exact) mass is 228 g/mol. The summed E-state index contributed by atoms with van der Waals surface area (Å²) in [4.78, 5) is 11.3. The van der Waals surface area contributed by atoms with Gasteiger partial charge < -0.3 is 10.6 Å². The van der Waals surface area contributed by atoms with Gasteiger partial charge in [-0.05, 0) is 32.9 Å². The lowest BCUT2D eigenvalue weighted by atomic mass is 9.97. The molecule has 1 fully saturated rings. The Balaban J connectivity index is 0. The van der Waals surface area contributed by atoms with Gasteiger partial charge >= 0.3 is 0 Å². The van der Waals surface area contributed by atoms with Gasteiger partial charge in [-0.1, -0.05) is 0 Å². The smallest absolute Gasteiger partial charge is 0.223 e. The van der Waals surface area contributed by atoms with Crippen LogP contribution in [0.5, 0.6) is 0 Å². The lowest BCUT2D eigenvalue weighted by Crippen LogP contribution is -2.37. The van der Waals surface area contributed by atoms with Gasteiger partial charge in [0.15, 0.2) is 0 Å². The molecule has 0 aromatic rings. The number of piperidine rings is 1. The fraction of sp³-hybridized carbons (Fsp3) is 0.875. The maximum absolute atomic E-state index is 11.3. The van der Waals surface area contributed by atoms with Gasteiger partial charge in [-0.2, -0.15) is 0 Å². The van der Waals surface area contributed by atoms with Crippen LogP contribution in [0.25, 0.3) is 0 Å². The summed E-state index contributed by atoms with van der Waals surface area (Å²) in [6.07, 6.45) is 1.98. The van der Waals surface area contributed by atoms with Crippen LogP contribution in [0.2, 0.25) is 0 Å². The molecule has 0 radical (unpaired) electrons. The van der Waals surface area contributed by atoms with Crippen molar-refractivity contribution in [1.29, 1.82) is 0 Å². The fourth-order valence-electron chi connectivity index (χ4n) is 1.40. The first kappa shape index (κ1) is 15.5. The first-order valence-electron chi connectivity index (χ1n) is 4.33. The molecule has 1 saturated heterocycles. The van der Waals surface area contributed by atoms with Crippen molar-refractivity contribution in [3.8, 4) is 0 Å². The number of carbonyl (C=O) groups excluding carboxylic acids is 1. The summed E-state index contributed by atoms with van der Waals surface area (Å²) in [7, 11) is 0. The molecule has 1 heterocycles. The van der Waals surface area contributed by atoms with E-state index in [-0.39, 0.29) is 36.6 Å². The van der Waals surface area contributed by atoms with E-state index < -0.39 is 0 Å². The number of hydrogen-bond donors (Lipinski definition) is 2. The molecule has 0 aliphatic carbocycles. The minimum Gasteiger partial charge on any atom is -0.356 e. The molecule has 0 saturated carbocycles. The van der Waals surface area contributed by atoms with Crippen LogP contribution < -0.4 is 10.6 Å². The van der Waals surface area contributed by atoms with Crippen LogP contribution in [0, 0.1) is 5.92 Å². The molecule has 0 aromatic heterocycles. The molecule has 2 N–H and O–H groups in total. The van der Waals surface area contributed by atoms with Gasteiger partial charge in [0.05, 0.1) is 0 Å². The Morgan fingerprint density at radius 2 is 1.92 bits per heavy atom. The second-order valence-electron chi connectivity index (χ2n) is 2.92. The number of rotatable bonds is 2. The Labute approximate surface area is 91.9 Å². The van der Waals surface area contributed by atoms with E-state index in [0.29, 0.717) is 0 Å². The highest BCUT2D eigenvalue weighted by atomic mass is 35.5. The highest BCUT2D eigenvalue weighted by molar-refractivity contribution is 5.85. The molecule has 1 aliphatic heterocycles. The minimum atomic E-state index is 0. The van der Waals surface area contributed by atoms with Gasteiger partial charge in [-0.3, -0.25) is 4.79 Å². The van der Waals surface area contributed by atoms with Gasteiger partial charge in [0.2, 0.25) is 5.91 Å². The van der Waals surface area contributed by atoms with E-state index in [9.17, 15) is 4.79 Å². The summed E-state index contributed by atoms with van der Waals surface area (Å²) in [6.45, 7) is 4.69. The zero-order valence-electron chi connectivity index (χ0n) is 7.84. The van der Waals surface area contributed by atoms with Gasteiger partial charge in [-0.15, -0.1) is 24.8 Å². The summed E-state index contributed by atoms with van der Waals surface area (Å²) >= 11 is 0. The number of hydrogen-bond acceptors (Lipinski definition) is 2. The molecule has 0 spiro atoms. The molecule has 3 nitrogen and oxygen atoms in total. The van der Waals surface area contributed by atoms with Crippen LogP contribution in [-0.4, -0.2) is 25.5 Å². The predicted molar refractivity (Wildman–Crippen MR) is 58.8 cm³/mol. The molecule has 1 amide bonds. The zero-order chi connectivity index (χ0) is 8.10. The van der Waals surface area contributed by atoms with Crippen molar-refractivity contribution in [2.24, 2.45) is 5.92 Å². The van der Waals surface area contributed by atoms with Gasteiger partial charge in [0, 0.05) is 12.5 Å². The van der Waals surface area contributed by atoms with E-state index in [0.717, 1.165) is 32.5 Å². The Morgan fingerprint density at radius 3 is 2.38 bits per heavy atom. The van der Waals surface area contributed by atoms with Crippen molar-refractivity contribution in [2.45, 2.75) is 19.8 Å². The highest BCUT2D eigenvalue weighted by Crippen LogP contribution is 2.10. The number of halogens is 2. The maximum Gasteiger partial charge on any atom is 0.223 e. The van der Waals surface area contributed by atoms with Crippen molar-refractivity contribution in [1.82, 2.24) is 10.6 Å². The van der Waals surface area contributed by atoms with Crippen LogP contribution in [0.15, 0.2) is 0 Å².